The van der Waals surface area contributed by atoms with Gasteiger partial charge in [0.05, 0.1) is 6.10 Å². The molecule has 1 amide bonds. The Labute approximate surface area is 113 Å². The van der Waals surface area contributed by atoms with Crippen LogP contribution in [0.4, 0.5) is 5.95 Å². The first kappa shape index (κ1) is 13.7. The van der Waals surface area contributed by atoms with Crippen LogP contribution in [-0.4, -0.2) is 49.2 Å². The van der Waals surface area contributed by atoms with Gasteiger partial charge in [-0.2, -0.15) is 0 Å². The van der Waals surface area contributed by atoms with Crippen LogP contribution in [0.5, 0.6) is 0 Å². The van der Waals surface area contributed by atoms with Gasteiger partial charge in [0.15, 0.2) is 0 Å². The zero-order chi connectivity index (χ0) is 13.8. The summed E-state index contributed by atoms with van der Waals surface area (Å²) in [5.74, 6) is 0.367. The van der Waals surface area contributed by atoms with Gasteiger partial charge in [0.1, 0.15) is 5.69 Å². The molecule has 2 heterocycles. The van der Waals surface area contributed by atoms with Crippen molar-refractivity contribution in [2.75, 3.05) is 32.1 Å². The molecule has 0 bridgehead atoms. The highest BCUT2D eigenvalue weighted by Crippen LogP contribution is 2.11. The van der Waals surface area contributed by atoms with Crippen LogP contribution in [0.25, 0.3) is 0 Å². The number of carbonyl (C=O) groups is 1. The van der Waals surface area contributed by atoms with E-state index in [2.05, 4.69) is 15.3 Å². The highest BCUT2D eigenvalue weighted by molar-refractivity contribution is 5.92. The molecule has 19 heavy (non-hydrogen) atoms. The number of anilines is 1. The normalized spacial score (nSPS) is 18.4. The maximum atomic E-state index is 12.1. The number of rotatable bonds is 4. The van der Waals surface area contributed by atoms with Crippen LogP contribution in [-0.2, 0) is 4.74 Å². The molecule has 1 aromatic rings. The molecule has 1 aromatic heterocycles. The molecule has 2 rings (SSSR count). The van der Waals surface area contributed by atoms with Crippen molar-refractivity contribution in [3.05, 3.63) is 17.5 Å². The van der Waals surface area contributed by atoms with Crippen LogP contribution in [0.3, 0.4) is 0 Å². The minimum Gasteiger partial charge on any atom is -0.376 e. The van der Waals surface area contributed by atoms with Crippen molar-refractivity contribution in [3.8, 4) is 0 Å². The van der Waals surface area contributed by atoms with Gasteiger partial charge in [-0.15, -0.1) is 0 Å². The molecule has 1 saturated heterocycles. The molecule has 6 heteroatoms. The average molecular weight is 264 g/mol. The lowest BCUT2D eigenvalue weighted by atomic mass is 10.2. The van der Waals surface area contributed by atoms with E-state index in [1.165, 1.54) is 0 Å². The first-order valence-electron chi connectivity index (χ1n) is 6.49. The van der Waals surface area contributed by atoms with E-state index in [1.54, 1.807) is 11.0 Å². The van der Waals surface area contributed by atoms with Gasteiger partial charge in [-0.1, -0.05) is 0 Å². The fourth-order valence-corrected chi connectivity index (χ4v) is 1.97. The molecule has 1 fully saturated rings. The third-order valence-corrected chi connectivity index (χ3v) is 2.99. The molecule has 1 aliphatic heterocycles. The molecule has 1 aliphatic rings. The first-order valence-corrected chi connectivity index (χ1v) is 6.49. The summed E-state index contributed by atoms with van der Waals surface area (Å²) in [5, 5.41) is 2.86. The fourth-order valence-electron chi connectivity index (χ4n) is 1.97. The highest BCUT2D eigenvalue weighted by atomic mass is 16.5. The van der Waals surface area contributed by atoms with E-state index >= 15 is 0 Å². The summed E-state index contributed by atoms with van der Waals surface area (Å²) in [7, 11) is 3.70. The zero-order valence-corrected chi connectivity index (χ0v) is 11.6. The Morgan fingerprint density at radius 3 is 2.95 bits per heavy atom. The van der Waals surface area contributed by atoms with E-state index < -0.39 is 0 Å². The van der Waals surface area contributed by atoms with Gasteiger partial charge >= 0.3 is 0 Å². The SMILES string of the molecule is Cc1cc(C(=O)NC[C@H]2CCCO2)nc(N(C)C)n1. The highest BCUT2D eigenvalue weighted by Gasteiger charge is 2.17. The van der Waals surface area contributed by atoms with Crippen molar-refractivity contribution in [2.45, 2.75) is 25.9 Å². The van der Waals surface area contributed by atoms with E-state index in [-0.39, 0.29) is 12.0 Å². The summed E-state index contributed by atoms with van der Waals surface area (Å²) < 4.78 is 5.47. The maximum Gasteiger partial charge on any atom is 0.270 e. The Hall–Kier alpha value is -1.69. The van der Waals surface area contributed by atoms with Crippen molar-refractivity contribution in [2.24, 2.45) is 0 Å². The average Bonchev–Trinajstić information content (AvgIpc) is 2.88. The Morgan fingerprint density at radius 1 is 1.53 bits per heavy atom. The number of nitrogens with zero attached hydrogens (tertiary/aromatic N) is 3. The summed E-state index contributed by atoms with van der Waals surface area (Å²) in [4.78, 5) is 22.3. The number of amides is 1. The molecular formula is C13H20N4O2. The molecule has 0 aromatic carbocycles. The summed E-state index contributed by atoms with van der Waals surface area (Å²) in [6, 6.07) is 1.69. The minimum atomic E-state index is -0.177. The van der Waals surface area contributed by atoms with E-state index in [0.717, 1.165) is 25.1 Å². The predicted octanol–water partition coefficient (Wildman–Crippen LogP) is 0.760. The summed E-state index contributed by atoms with van der Waals surface area (Å²) in [6.45, 7) is 3.18. The van der Waals surface area contributed by atoms with Gasteiger partial charge in [-0.3, -0.25) is 4.79 Å². The van der Waals surface area contributed by atoms with Gasteiger partial charge in [0.2, 0.25) is 5.95 Å². The first-order chi connectivity index (χ1) is 9.06. The molecule has 0 unspecified atom stereocenters. The standard InChI is InChI=1S/C13H20N4O2/c1-9-7-11(16-13(15-9)17(2)3)12(18)14-8-10-5-4-6-19-10/h7,10H,4-6,8H2,1-3H3,(H,14,18)/t10-/m1/s1. The monoisotopic (exact) mass is 264 g/mol. The molecule has 0 saturated carbocycles. The molecule has 0 radical (unpaired) electrons. The summed E-state index contributed by atoms with van der Waals surface area (Å²) in [5.41, 5.74) is 1.18. The van der Waals surface area contributed by atoms with Crippen LogP contribution in [0, 0.1) is 6.92 Å². The smallest absolute Gasteiger partial charge is 0.270 e. The number of aromatic nitrogens is 2. The molecule has 104 valence electrons. The lowest BCUT2D eigenvalue weighted by Crippen LogP contribution is -2.32. The van der Waals surface area contributed by atoms with Crippen molar-refractivity contribution < 1.29 is 9.53 Å². The molecule has 1 atom stereocenters. The number of hydrogen-bond acceptors (Lipinski definition) is 5. The van der Waals surface area contributed by atoms with Crippen LogP contribution in [0.2, 0.25) is 0 Å². The summed E-state index contributed by atoms with van der Waals surface area (Å²) in [6.07, 6.45) is 2.21. The Morgan fingerprint density at radius 2 is 2.32 bits per heavy atom. The molecule has 0 aliphatic carbocycles. The summed E-state index contributed by atoms with van der Waals surface area (Å²) >= 11 is 0. The van der Waals surface area contributed by atoms with Gasteiger partial charge in [0.25, 0.3) is 5.91 Å². The van der Waals surface area contributed by atoms with Crippen LogP contribution >= 0.6 is 0 Å². The van der Waals surface area contributed by atoms with Gasteiger partial charge in [0, 0.05) is 32.9 Å². The van der Waals surface area contributed by atoms with E-state index in [1.807, 2.05) is 21.0 Å². The lowest BCUT2D eigenvalue weighted by Gasteiger charge is -2.13. The van der Waals surface area contributed by atoms with E-state index in [4.69, 9.17) is 4.74 Å². The molecular weight excluding hydrogens is 244 g/mol. The molecule has 1 N–H and O–H groups in total. The molecule has 6 nitrogen and oxygen atoms in total. The number of aryl methyl sites for hydroxylation is 1. The number of hydrogen-bond donors (Lipinski definition) is 1. The largest absolute Gasteiger partial charge is 0.376 e. The van der Waals surface area contributed by atoms with Gasteiger partial charge in [-0.25, -0.2) is 9.97 Å². The minimum absolute atomic E-state index is 0.139. The Bertz CT molecular complexity index is 456. The number of ether oxygens (including phenoxy) is 1. The van der Waals surface area contributed by atoms with Gasteiger partial charge in [-0.05, 0) is 25.8 Å². The van der Waals surface area contributed by atoms with Crippen molar-refractivity contribution in [1.29, 1.82) is 0 Å². The van der Waals surface area contributed by atoms with Crippen molar-refractivity contribution >= 4 is 11.9 Å². The van der Waals surface area contributed by atoms with Crippen LogP contribution in [0.15, 0.2) is 6.07 Å². The second-order valence-corrected chi connectivity index (χ2v) is 4.93. The van der Waals surface area contributed by atoms with Crippen LogP contribution < -0.4 is 10.2 Å². The maximum absolute atomic E-state index is 12.1. The van der Waals surface area contributed by atoms with E-state index in [0.29, 0.717) is 18.2 Å². The zero-order valence-electron chi connectivity index (χ0n) is 11.6. The third kappa shape index (κ3) is 3.64. The topological polar surface area (TPSA) is 67.3 Å². The van der Waals surface area contributed by atoms with Gasteiger partial charge < -0.3 is 15.0 Å². The van der Waals surface area contributed by atoms with Crippen molar-refractivity contribution in [1.82, 2.24) is 15.3 Å². The third-order valence-electron chi connectivity index (χ3n) is 2.99. The number of nitrogens with one attached hydrogen (secondary N) is 1. The van der Waals surface area contributed by atoms with E-state index in [9.17, 15) is 4.79 Å². The quantitative estimate of drug-likeness (QED) is 0.869. The Balaban J connectivity index is 2.01. The number of carbonyl (C=O) groups excluding carboxylic acids is 1. The second kappa shape index (κ2) is 5.97. The Kier molecular flexibility index (Phi) is 4.31. The second-order valence-electron chi connectivity index (χ2n) is 4.93. The fraction of sp³-hybridized carbons (Fsp3) is 0.615. The van der Waals surface area contributed by atoms with Crippen LogP contribution in [0.1, 0.15) is 29.0 Å². The lowest BCUT2D eigenvalue weighted by molar-refractivity contribution is 0.0853. The predicted molar refractivity (Wildman–Crippen MR) is 72.4 cm³/mol. The molecule has 0 spiro atoms. The van der Waals surface area contributed by atoms with Crippen molar-refractivity contribution in [3.63, 3.8) is 0 Å².